The second-order valence-corrected chi connectivity index (χ2v) is 8.06. The molecule has 31 heavy (non-hydrogen) atoms. The Bertz CT molecular complexity index is 1120. The number of hydrogen-bond donors (Lipinski definition) is 1. The number of anilines is 1. The van der Waals surface area contributed by atoms with Crippen molar-refractivity contribution in [3.05, 3.63) is 82.4 Å². The van der Waals surface area contributed by atoms with Gasteiger partial charge >= 0.3 is 0 Å². The van der Waals surface area contributed by atoms with Crippen molar-refractivity contribution >= 4 is 17.8 Å². The van der Waals surface area contributed by atoms with Crippen LogP contribution in [-0.4, -0.2) is 29.8 Å². The summed E-state index contributed by atoms with van der Waals surface area (Å²) in [5, 5.41) is 4.06. The van der Waals surface area contributed by atoms with Crippen LogP contribution >= 0.6 is 0 Å². The minimum absolute atomic E-state index is 0.259. The summed E-state index contributed by atoms with van der Waals surface area (Å²) >= 11 is 0. The number of rotatable bonds is 5. The molecule has 0 radical (unpaired) electrons. The van der Waals surface area contributed by atoms with Crippen LogP contribution in [0, 0.1) is 26.6 Å². The summed E-state index contributed by atoms with van der Waals surface area (Å²) in [6, 6.07) is 14.8. The zero-order valence-electron chi connectivity index (χ0n) is 18.2. The van der Waals surface area contributed by atoms with Crippen LogP contribution in [0.2, 0.25) is 0 Å². The summed E-state index contributed by atoms with van der Waals surface area (Å²) in [5.74, 6) is -0.571. The van der Waals surface area contributed by atoms with Gasteiger partial charge < -0.3 is 9.47 Å². The van der Waals surface area contributed by atoms with Gasteiger partial charge in [0.2, 0.25) is 0 Å². The van der Waals surface area contributed by atoms with Crippen LogP contribution in [0.4, 0.5) is 10.1 Å². The number of carbonyl (C=O) groups is 1. The summed E-state index contributed by atoms with van der Waals surface area (Å²) in [4.78, 5) is 14.7. The molecule has 0 atom stereocenters. The van der Waals surface area contributed by atoms with Gasteiger partial charge in [-0.2, -0.15) is 5.10 Å². The molecule has 2 aromatic carbocycles. The molecule has 0 spiro atoms. The molecule has 1 saturated heterocycles. The van der Waals surface area contributed by atoms with Gasteiger partial charge in [-0.25, -0.2) is 9.82 Å². The highest BCUT2D eigenvalue weighted by Crippen LogP contribution is 2.26. The lowest BCUT2D eigenvalue weighted by Crippen LogP contribution is -2.20. The van der Waals surface area contributed by atoms with Gasteiger partial charge in [0.05, 0.1) is 11.9 Å². The van der Waals surface area contributed by atoms with Crippen molar-refractivity contribution in [2.75, 3.05) is 18.0 Å². The van der Waals surface area contributed by atoms with Gasteiger partial charge in [0, 0.05) is 41.3 Å². The number of hydrazone groups is 1. The van der Waals surface area contributed by atoms with Gasteiger partial charge in [-0.05, 0) is 81.6 Å². The van der Waals surface area contributed by atoms with Gasteiger partial charge in [-0.3, -0.25) is 4.79 Å². The monoisotopic (exact) mass is 418 g/mol. The smallest absolute Gasteiger partial charge is 0.271 e. The van der Waals surface area contributed by atoms with Crippen molar-refractivity contribution in [1.82, 2.24) is 9.99 Å². The first-order valence-corrected chi connectivity index (χ1v) is 10.6. The number of carbonyl (C=O) groups excluding carboxylic acids is 1. The molecule has 5 nitrogen and oxygen atoms in total. The Labute approximate surface area is 182 Å². The normalized spacial score (nSPS) is 13.9. The molecule has 1 aromatic heterocycles. The molecule has 0 unspecified atom stereocenters. The molecular weight excluding hydrogens is 391 g/mol. The Hall–Kier alpha value is -3.41. The number of nitrogens with one attached hydrogen (secondary N) is 1. The van der Waals surface area contributed by atoms with Gasteiger partial charge in [0.15, 0.2) is 0 Å². The Kier molecular flexibility index (Phi) is 5.89. The first kappa shape index (κ1) is 20.8. The molecule has 1 N–H and O–H groups in total. The fourth-order valence-electron chi connectivity index (χ4n) is 4.11. The number of amides is 1. The lowest BCUT2D eigenvalue weighted by molar-refractivity contribution is 0.0955. The van der Waals surface area contributed by atoms with Gasteiger partial charge in [0.1, 0.15) is 5.82 Å². The van der Waals surface area contributed by atoms with Crippen molar-refractivity contribution < 1.29 is 9.18 Å². The van der Waals surface area contributed by atoms with E-state index < -0.39 is 0 Å². The SMILES string of the molecule is Cc1cc(N2CCCC2)c(F)cc1/C=N\NC(=O)c1cccc(-n2c(C)ccc2C)c1. The van der Waals surface area contributed by atoms with Gasteiger partial charge in [-0.15, -0.1) is 0 Å². The average molecular weight is 419 g/mol. The van der Waals surface area contributed by atoms with Crippen molar-refractivity contribution in [2.24, 2.45) is 5.10 Å². The third-order valence-electron chi connectivity index (χ3n) is 5.79. The summed E-state index contributed by atoms with van der Waals surface area (Å²) < 4.78 is 16.7. The largest absolute Gasteiger partial charge is 0.369 e. The molecule has 0 bridgehead atoms. The molecule has 2 heterocycles. The minimum atomic E-state index is -0.313. The summed E-state index contributed by atoms with van der Waals surface area (Å²) in [7, 11) is 0. The van der Waals surface area contributed by atoms with Crippen LogP contribution in [0.3, 0.4) is 0 Å². The molecule has 1 fully saturated rings. The van der Waals surface area contributed by atoms with Gasteiger partial charge in [-0.1, -0.05) is 6.07 Å². The highest BCUT2D eigenvalue weighted by Gasteiger charge is 2.17. The second-order valence-electron chi connectivity index (χ2n) is 8.06. The molecule has 0 aliphatic carbocycles. The summed E-state index contributed by atoms with van der Waals surface area (Å²) in [6.07, 6.45) is 3.69. The van der Waals surface area contributed by atoms with E-state index in [1.165, 1.54) is 12.3 Å². The van der Waals surface area contributed by atoms with Crippen LogP contribution in [-0.2, 0) is 0 Å². The summed E-state index contributed by atoms with van der Waals surface area (Å²) in [5.41, 5.74) is 8.39. The Balaban J connectivity index is 1.48. The predicted octanol–water partition coefficient (Wildman–Crippen LogP) is 4.91. The maximum Gasteiger partial charge on any atom is 0.271 e. The maximum absolute atomic E-state index is 14.6. The average Bonchev–Trinajstić information content (AvgIpc) is 3.40. The standard InChI is InChI=1S/C25H27FN4O/c1-17-13-24(29-11-4-5-12-29)23(26)15-21(17)16-27-28-25(31)20-7-6-8-22(14-20)30-18(2)9-10-19(30)3/h6-10,13-16H,4-5,11-12H2,1-3H3,(H,28,31)/b27-16-. The summed E-state index contributed by atoms with van der Waals surface area (Å²) in [6.45, 7) is 7.76. The van der Waals surface area contributed by atoms with E-state index in [2.05, 4.69) is 20.0 Å². The Morgan fingerprint density at radius 1 is 1.03 bits per heavy atom. The van der Waals surface area contributed by atoms with Crippen LogP contribution < -0.4 is 10.3 Å². The fourth-order valence-corrected chi connectivity index (χ4v) is 4.11. The molecule has 160 valence electrons. The molecule has 6 heteroatoms. The zero-order chi connectivity index (χ0) is 22.0. The molecule has 1 aliphatic rings. The van der Waals surface area contributed by atoms with Gasteiger partial charge in [0.25, 0.3) is 5.91 Å². The van der Waals surface area contributed by atoms with Crippen LogP contribution in [0.25, 0.3) is 5.69 Å². The van der Waals surface area contributed by atoms with E-state index >= 15 is 0 Å². The number of benzene rings is 2. The number of aryl methyl sites for hydroxylation is 3. The van der Waals surface area contributed by atoms with Crippen LogP contribution in [0.15, 0.2) is 53.6 Å². The third kappa shape index (κ3) is 4.38. The van der Waals surface area contributed by atoms with E-state index in [1.54, 1.807) is 6.07 Å². The van der Waals surface area contributed by atoms with E-state index in [-0.39, 0.29) is 11.7 Å². The zero-order valence-corrected chi connectivity index (χ0v) is 18.2. The van der Waals surface area contributed by atoms with E-state index in [1.807, 2.05) is 57.2 Å². The number of hydrogen-bond acceptors (Lipinski definition) is 3. The van der Waals surface area contributed by atoms with Crippen LogP contribution in [0.5, 0.6) is 0 Å². The molecule has 0 saturated carbocycles. The molecular formula is C25H27FN4O. The van der Waals surface area contributed by atoms with E-state index in [0.717, 1.165) is 48.6 Å². The second kappa shape index (κ2) is 8.76. The van der Waals surface area contributed by atoms with E-state index in [4.69, 9.17) is 0 Å². The predicted molar refractivity (Wildman–Crippen MR) is 123 cm³/mol. The van der Waals surface area contributed by atoms with Crippen molar-refractivity contribution in [3.8, 4) is 5.69 Å². The van der Waals surface area contributed by atoms with Crippen molar-refractivity contribution in [2.45, 2.75) is 33.6 Å². The van der Waals surface area contributed by atoms with E-state index in [0.29, 0.717) is 16.8 Å². The lowest BCUT2D eigenvalue weighted by Gasteiger charge is -2.19. The molecule has 4 rings (SSSR count). The Morgan fingerprint density at radius 3 is 2.45 bits per heavy atom. The number of nitrogens with zero attached hydrogens (tertiary/aromatic N) is 3. The van der Waals surface area contributed by atoms with Crippen molar-refractivity contribution in [3.63, 3.8) is 0 Å². The quantitative estimate of drug-likeness (QED) is 0.473. The molecule has 1 amide bonds. The molecule has 3 aromatic rings. The highest BCUT2D eigenvalue weighted by molar-refractivity contribution is 5.95. The lowest BCUT2D eigenvalue weighted by atomic mass is 10.1. The number of halogens is 1. The Morgan fingerprint density at radius 2 is 1.74 bits per heavy atom. The van der Waals surface area contributed by atoms with Crippen molar-refractivity contribution in [1.29, 1.82) is 0 Å². The maximum atomic E-state index is 14.6. The highest BCUT2D eigenvalue weighted by atomic mass is 19.1. The topological polar surface area (TPSA) is 49.6 Å². The van der Waals surface area contributed by atoms with Crippen LogP contribution in [0.1, 0.15) is 45.7 Å². The van der Waals surface area contributed by atoms with E-state index in [9.17, 15) is 9.18 Å². The first-order chi connectivity index (χ1) is 14.9. The fraction of sp³-hybridized carbons (Fsp3) is 0.280. The first-order valence-electron chi connectivity index (χ1n) is 10.6. The number of aromatic nitrogens is 1. The minimum Gasteiger partial charge on any atom is -0.369 e. The third-order valence-corrected chi connectivity index (χ3v) is 5.79. The molecule has 1 aliphatic heterocycles.